The first-order chi connectivity index (χ1) is 9.91. The first-order valence-corrected chi connectivity index (χ1v) is 7.96. The van der Waals surface area contributed by atoms with Crippen molar-refractivity contribution in [3.63, 3.8) is 0 Å². The van der Waals surface area contributed by atoms with E-state index < -0.39 is 16.0 Å². The minimum atomic E-state index is -3.78. The number of carbonyl (C=O) groups is 1. The van der Waals surface area contributed by atoms with E-state index in [4.69, 9.17) is 10.8 Å². The van der Waals surface area contributed by atoms with Crippen LogP contribution in [0.25, 0.3) is 0 Å². The number of nitrogens with two attached hydrogens (primary N) is 1. The molecule has 116 valence electrons. The number of nitrogen functional groups attached to an aromatic ring is 1. The van der Waals surface area contributed by atoms with Crippen LogP contribution in [0.2, 0.25) is 0 Å². The molecule has 0 atom stereocenters. The summed E-state index contributed by atoms with van der Waals surface area (Å²) in [5, 5.41) is 9.04. The molecule has 7 nitrogen and oxygen atoms in total. The van der Waals surface area contributed by atoms with Crippen molar-refractivity contribution in [1.29, 1.82) is 0 Å². The fraction of sp³-hybridized carbons (Fsp3) is 0.462. The molecular formula is C13H18N2O5S. The summed E-state index contributed by atoms with van der Waals surface area (Å²) in [7, 11) is -2.55. The normalized spacial score (nSPS) is 15.2. The van der Waals surface area contributed by atoms with Gasteiger partial charge in [-0.05, 0) is 31.0 Å². The van der Waals surface area contributed by atoms with E-state index in [1.54, 1.807) is 0 Å². The van der Waals surface area contributed by atoms with Gasteiger partial charge in [-0.25, -0.2) is 13.2 Å². The van der Waals surface area contributed by atoms with Crippen molar-refractivity contribution in [1.82, 2.24) is 4.31 Å². The van der Waals surface area contributed by atoms with E-state index in [-0.39, 0.29) is 35.3 Å². The van der Waals surface area contributed by atoms with E-state index >= 15 is 0 Å². The summed E-state index contributed by atoms with van der Waals surface area (Å²) < 4.78 is 31.0. The Hall–Kier alpha value is -1.64. The Morgan fingerprint density at radius 2 is 2.14 bits per heavy atom. The number of methoxy groups -OCH3 is 1. The molecular weight excluding hydrogens is 296 g/mol. The number of hydrogen-bond donors (Lipinski definition) is 2. The lowest BCUT2D eigenvalue weighted by Gasteiger charge is -2.21. The summed E-state index contributed by atoms with van der Waals surface area (Å²) in [6, 6.07) is 3.85. The highest BCUT2D eigenvalue weighted by molar-refractivity contribution is 7.89. The molecule has 1 aromatic rings. The maximum Gasteiger partial charge on any atom is 0.337 e. The molecule has 1 aliphatic rings. The topological polar surface area (TPSA) is 110 Å². The second-order valence-corrected chi connectivity index (χ2v) is 6.67. The van der Waals surface area contributed by atoms with Gasteiger partial charge in [-0.15, -0.1) is 0 Å². The smallest absolute Gasteiger partial charge is 0.337 e. The van der Waals surface area contributed by atoms with Gasteiger partial charge < -0.3 is 15.6 Å². The van der Waals surface area contributed by atoms with Crippen LogP contribution in [0.4, 0.5) is 5.69 Å². The molecule has 1 fully saturated rings. The molecule has 0 spiro atoms. The third-order valence-corrected chi connectivity index (χ3v) is 5.32. The van der Waals surface area contributed by atoms with E-state index in [0.29, 0.717) is 0 Å². The molecule has 1 saturated carbocycles. The van der Waals surface area contributed by atoms with Crippen LogP contribution in [0.5, 0.6) is 0 Å². The van der Waals surface area contributed by atoms with E-state index in [0.717, 1.165) is 12.8 Å². The number of aliphatic hydroxyl groups excluding tert-OH is 1. The SMILES string of the molecule is COC(=O)c1ccc(S(=O)(=O)N(CCO)C2CC2)c(N)c1. The summed E-state index contributed by atoms with van der Waals surface area (Å²) in [6.45, 7) is -0.221. The van der Waals surface area contributed by atoms with Crippen molar-refractivity contribution in [2.75, 3.05) is 26.0 Å². The number of rotatable bonds is 6. The number of carbonyl (C=O) groups excluding carboxylic acids is 1. The van der Waals surface area contributed by atoms with Gasteiger partial charge in [-0.1, -0.05) is 0 Å². The van der Waals surface area contributed by atoms with Crippen LogP contribution in [0.15, 0.2) is 23.1 Å². The molecule has 21 heavy (non-hydrogen) atoms. The van der Waals surface area contributed by atoms with Gasteiger partial charge in [0.05, 0.1) is 25.0 Å². The second-order valence-electron chi connectivity index (χ2n) is 4.81. The van der Waals surface area contributed by atoms with Gasteiger partial charge >= 0.3 is 5.97 Å². The van der Waals surface area contributed by atoms with Crippen LogP contribution >= 0.6 is 0 Å². The molecule has 0 bridgehead atoms. The summed E-state index contributed by atoms with van der Waals surface area (Å²) in [4.78, 5) is 11.4. The molecule has 1 aromatic carbocycles. The lowest BCUT2D eigenvalue weighted by atomic mass is 10.2. The summed E-state index contributed by atoms with van der Waals surface area (Å²) in [5.74, 6) is -0.583. The Bertz CT molecular complexity index is 640. The number of sulfonamides is 1. The Labute approximate surface area is 123 Å². The van der Waals surface area contributed by atoms with E-state index in [1.807, 2.05) is 0 Å². The highest BCUT2D eigenvalue weighted by atomic mass is 32.2. The van der Waals surface area contributed by atoms with Crippen LogP contribution in [0.1, 0.15) is 23.2 Å². The highest BCUT2D eigenvalue weighted by Gasteiger charge is 2.38. The Morgan fingerprint density at radius 1 is 1.48 bits per heavy atom. The van der Waals surface area contributed by atoms with Crippen LogP contribution in [-0.4, -0.2) is 50.1 Å². The summed E-state index contributed by atoms with van der Waals surface area (Å²) in [5.41, 5.74) is 5.95. The fourth-order valence-electron chi connectivity index (χ4n) is 2.11. The molecule has 8 heteroatoms. The maximum absolute atomic E-state index is 12.6. The van der Waals surface area contributed by atoms with Gasteiger partial charge in [-0.3, -0.25) is 0 Å². The van der Waals surface area contributed by atoms with Crippen molar-refractivity contribution >= 4 is 21.7 Å². The van der Waals surface area contributed by atoms with E-state index in [1.165, 1.54) is 29.6 Å². The number of nitrogens with zero attached hydrogens (tertiary/aromatic N) is 1. The zero-order valence-corrected chi connectivity index (χ0v) is 12.5. The zero-order valence-electron chi connectivity index (χ0n) is 11.7. The Balaban J connectivity index is 2.37. The molecule has 0 heterocycles. The predicted molar refractivity (Wildman–Crippen MR) is 76.2 cm³/mol. The molecule has 0 aromatic heterocycles. The molecule has 1 aliphatic carbocycles. The van der Waals surface area contributed by atoms with E-state index in [9.17, 15) is 13.2 Å². The summed E-state index contributed by atoms with van der Waals surface area (Å²) in [6.07, 6.45) is 1.55. The third-order valence-electron chi connectivity index (χ3n) is 3.29. The van der Waals surface area contributed by atoms with Gasteiger partial charge in [0, 0.05) is 12.6 Å². The predicted octanol–water partition coefficient (Wildman–Crippen LogP) is 0.201. The van der Waals surface area contributed by atoms with Gasteiger partial charge in [0.1, 0.15) is 4.90 Å². The standard InChI is InChI=1S/C13H18N2O5S/c1-20-13(17)9-2-5-12(11(14)8-9)21(18,19)15(6-7-16)10-3-4-10/h2,5,8,10,16H,3-4,6-7,14H2,1H3. The average Bonchev–Trinajstić information content (AvgIpc) is 3.27. The number of aliphatic hydroxyl groups is 1. The van der Waals surface area contributed by atoms with Crippen molar-refractivity contribution in [3.8, 4) is 0 Å². The number of benzene rings is 1. The Morgan fingerprint density at radius 3 is 2.62 bits per heavy atom. The first-order valence-electron chi connectivity index (χ1n) is 6.52. The zero-order chi connectivity index (χ0) is 15.6. The van der Waals surface area contributed by atoms with Crippen LogP contribution in [-0.2, 0) is 14.8 Å². The van der Waals surface area contributed by atoms with Crippen molar-refractivity contribution in [2.45, 2.75) is 23.8 Å². The number of ether oxygens (including phenoxy) is 1. The van der Waals surface area contributed by atoms with Crippen molar-refractivity contribution in [3.05, 3.63) is 23.8 Å². The average molecular weight is 314 g/mol. The molecule has 0 amide bonds. The minimum absolute atomic E-state index is 0.0125. The monoisotopic (exact) mass is 314 g/mol. The van der Waals surface area contributed by atoms with Crippen LogP contribution in [0.3, 0.4) is 0 Å². The lowest BCUT2D eigenvalue weighted by molar-refractivity contribution is 0.0600. The maximum atomic E-state index is 12.6. The van der Waals surface area contributed by atoms with Gasteiger partial charge in [0.2, 0.25) is 10.0 Å². The van der Waals surface area contributed by atoms with Crippen LogP contribution < -0.4 is 5.73 Å². The Kier molecular flexibility index (Phi) is 4.50. The molecule has 0 radical (unpaired) electrons. The first kappa shape index (κ1) is 15.7. The quantitative estimate of drug-likeness (QED) is 0.573. The number of anilines is 1. The van der Waals surface area contributed by atoms with Crippen molar-refractivity contribution < 1.29 is 23.1 Å². The van der Waals surface area contributed by atoms with Crippen molar-refractivity contribution in [2.24, 2.45) is 0 Å². The molecule has 3 N–H and O–H groups in total. The second kappa shape index (κ2) is 6.00. The largest absolute Gasteiger partial charge is 0.465 e. The van der Waals surface area contributed by atoms with Gasteiger partial charge in [0.25, 0.3) is 0 Å². The molecule has 0 saturated heterocycles. The number of esters is 1. The third kappa shape index (κ3) is 3.17. The molecule has 0 unspecified atom stereocenters. The number of hydrogen-bond acceptors (Lipinski definition) is 6. The minimum Gasteiger partial charge on any atom is -0.465 e. The lowest BCUT2D eigenvalue weighted by Crippen LogP contribution is -2.35. The summed E-state index contributed by atoms with van der Waals surface area (Å²) >= 11 is 0. The van der Waals surface area contributed by atoms with Crippen LogP contribution in [0, 0.1) is 0 Å². The highest BCUT2D eigenvalue weighted by Crippen LogP contribution is 2.33. The van der Waals surface area contributed by atoms with E-state index in [2.05, 4.69) is 4.74 Å². The fourth-order valence-corrected chi connectivity index (χ4v) is 3.89. The van der Waals surface area contributed by atoms with Gasteiger partial charge in [-0.2, -0.15) is 4.31 Å². The van der Waals surface area contributed by atoms with Gasteiger partial charge in [0.15, 0.2) is 0 Å². The molecule has 2 rings (SSSR count). The molecule has 0 aliphatic heterocycles.